The predicted octanol–water partition coefficient (Wildman–Crippen LogP) is 10.2. The molecule has 6 rings (SSSR count). The summed E-state index contributed by atoms with van der Waals surface area (Å²) in [4.78, 5) is 3.67. The average Bonchev–Trinajstić information content (AvgIpc) is 3.38. The molecule has 0 fully saturated rings. The number of benzene rings is 2. The Morgan fingerprint density at radius 3 is 2.27 bits per heavy atom. The molecule has 3 aromatic rings. The standard InChI is InChI=1S/C37H41N2S2/c1-36(2)22-26(18-28(24-36)20-34-38(5)30-14-7-9-16-32(30)40-34)12-11-13-27-19-29(25-37(3,4)23-27)21-35-39(6)31-15-8-10-17-33(31)41-35/h7-21H,22-25H2,1-6H3/q+1. The molecule has 210 valence electrons. The van der Waals surface area contributed by atoms with E-state index in [-0.39, 0.29) is 10.8 Å². The topological polar surface area (TPSA) is 7.12 Å². The Morgan fingerprint density at radius 2 is 1.49 bits per heavy atom. The van der Waals surface area contributed by atoms with E-state index in [1.54, 1.807) is 0 Å². The van der Waals surface area contributed by atoms with Crippen LogP contribution in [0, 0.1) is 10.8 Å². The van der Waals surface area contributed by atoms with Crippen LogP contribution in [-0.4, -0.2) is 7.05 Å². The van der Waals surface area contributed by atoms with Gasteiger partial charge in [0, 0.05) is 24.1 Å². The SMILES string of the molecule is CN1/C(=C/C2=CC(=C/C=C/C3=CC(=C/c4sc5ccccc5[n+]4C)/CC(C)(C)C3)/CC(C)(C)C2)Sc2ccccc21. The molecule has 1 aromatic heterocycles. The van der Waals surface area contributed by atoms with Gasteiger partial charge in [-0.25, -0.2) is 0 Å². The molecule has 2 aromatic carbocycles. The minimum Gasteiger partial charge on any atom is -0.338 e. The van der Waals surface area contributed by atoms with Gasteiger partial charge in [-0.05, 0) is 83.1 Å². The summed E-state index contributed by atoms with van der Waals surface area (Å²) >= 11 is 3.75. The molecule has 2 heterocycles. The second kappa shape index (κ2) is 11.0. The number of hydrogen-bond donors (Lipinski definition) is 0. The van der Waals surface area contributed by atoms with Gasteiger partial charge in [-0.15, -0.1) is 0 Å². The summed E-state index contributed by atoms with van der Waals surface area (Å²) in [6, 6.07) is 17.4. The number of nitrogens with zero attached hydrogens (tertiary/aromatic N) is 2. The van der Waals surface area contributed by atoms with Crippen LogP contribution in [0.25, 0.3) is 16.3 Å². The largest absolute Gasteiger partial charge is 0.338 e. The van der Waals surface area contributed by atoms with Crippen LogP contribution < -0.4 is 9.47 Å². The van der Waals surface area contributed by atoms with E-state index in [1.807, 2.05) is 23.1 Å². The van der Waals surface area contributed by atoms with Crippen LogP contribution in [-0.2, 0) is 7.05 Å². The van der Waals surface area contributed by atoms with Gasteiger partial charge in [0.15, 0.2) is 0 Å². The van der Waals surface area contributed by atoms with E-state index in [0.29, 0.717) is 0 Å². The predicted molar refractivity (Wildman–Crippen MR) is 179 cm³/mol. The normalized spacial score (nSPS) is 23.1. The van der Waals surface area contributed by atoms with Crippen LogP contribution in [0.4, 0.5) is 5.69 Å². The van der Waals surface area contributed by atoms with Gasteiger partial charge in [0.05, 0.1) is 10.7 Å². The number of aromatic nitrogens is 1. The Bertz CT molecular complexity index is 1690. The summed E-state index contributed by atoms with van der Waals surface area (Å²) in [7, 11) is 4.36. The minimum absolute atomic E-state index is 0.247. The summed E-state index contributed by atoms with van der Waals surface area (Å²) < 4.78 is 3.67. The van der Waals surface area contributed by atoms with Gasteiger partial charge in [-0.2, -0.15) is 4.57 Å². The molecule has 0 saturated carbocycles. The number of allylic oxidation sites excluding steroid dienone is 10. The van der Waals surface area contributed by atoms with E-state index >= 15 is 0 Å². The molecule has 0 radical (unpaired) electrons. The molecule has 0 amide bonds. The third-order valence-corrected chi connectivity index (χ3v) is 10.6. The molecule has 1 aliphatic heterocycles. The monoisotopic (exact) mass is 577 g/mol. The van der Waals surface area contributed by atoms with Crippen molar-refractivity contribution >= 4 is 45.1 Å². The highest BCUT2D eigenvalue weighted by molar-refractivity contribution is 8.03. The molecule has 0 N–H and O–H groups in total. The summed E-state index contributed by atoms with van der Waals surface area (Å²) in [5.41, 5.74) is 8.76. The fourth-order valence-electron chi connectivity index (χ4n) is 6.52. The lowest BCUT2D eigenvalue weighted by molar-refractivity contribution is -0.642. The van der Waals surface area contributed by atoms with Crippen molar-refractivity contribution in [3.63, 3.8) is 0 Å². The van der Waals surface area contributed by atoms with E-state index in [9.17, 15) is 0 Å². The van der Waals surface area contributed by atoms with Gasteiger partial charge >= 0.3 is 0 Å². The first-order chi connectivity index (χ1) is 19.6. The van der Waals surface area contributed by atoms with Crippen molar-refractivity contribution in [1.82, 2.24) is 0 Å². The number of thiazole rings is 1. The first-order valence-corrected chi connectivity index (χ1v) is 16.3. The summed E-state index contributed by atoms with van der Waals surface area (Å²) in [6.07, 6.45) is 21.0. The van der Waals surface area contributed by atoms with Crippen LogP contribution in [0.1, 0.15) is 58.4 Å². The number of anilines is 1. The molecule has 0 atom stereocenters. The summed E-state index contributed by atoms with van der Waals surface area (Å²) in [5, 5.41) is 2.62. The number of hydrogen-bond acceptors (Lipinski definition) is 3. The molecule has 0 saturated heterocycles. The maximum Gasteiger partial charge on any atom is 0.262 e. The number of para-hydroxylation sites is 2. The van der Waals surface area contributed by atoms with E-state index in [2.05, 4.69) is 142 Å². The highest BCUT2D eigenvalue weighted by atomic mass is 32.2. The van der Waals surface area contributed by atoms with Crippen molar-refractivity contribution in [3.8, 4) is 0 Å². The van der Waals surface area contributed by atoms with Crippen molar-refractivity contribution in [2.24, 2.45) is 17.9 Å². The van der Waals surface area contributed by atoms with Crippen LogP contribution in [0.15, 0.2) is 117 Å². The van der Waals surface area contributed by atoms with Crippen molar-refractivity contribution in [1.29, 1.82) is 0 Å². The van der Waals surface area contributed by atoms with Gasteiger partial charge in [0.2, 0.25) is 5.52 Å². The van der Waals surface area contributed by atoms with Crippen molar-refractivity contribution in [2.75, 3.05) is 11.9 Å². The highest BCUT2D eigenvalue weighted by Crippen LogP contribution is 2.47. The lowest BCUT2D eigenvalue weighted by Gasteiger charge is -2.31. The average molecular weight is 578 g/mol. The van der Waals surface area contributed by atoms with Crippen molar-refractivity contribution < 1.29 is 4.57 Å². The fourth-order valence-corrected chi connectivity index (χ4v) is 8.78. The Labute approximate surface area is 254 Å². The molecule has 41 heavy (non-hydrogen) atoms. The molecule has 4 heteroatoms. The van der Waals surface area contributed by atoms with E-state index in [1.165, 1.54) is 53.1 Å². The third kappa shape index (κ3) is 6.24. The molecule has 0 unspecified atom stereocenters. The zero-order valence-corrected chi connectivity index (χ0v) is 26.8. The van der Waals surface area contributed by atoms with Crippen LogP contribution in [0.5, 0.6) is 0 Å². The van der Waals surface area contributed by atoms with E-state index in [0.717, 1.165) is 25.7 Å². The number of thioether (sulfide) groups is 1. The minimum atomic E-state index is 0.247. The fraction of sp³-hybridized carbons (Fsp3) is 0.324. The molecule has 2 aliphatic carbocycles. The lowest BCUT2D eigenvalue weighted by Crippen LogP contribution is -2.29. The van der Waals surface area contributed by atoms with Gasteiger partial charge < -0.3 is 4.90 Å². The van der Waals surface area contributed by atoms with E-state index in [4.69, 9.17) is 0 Å². The molecular formula is C37H41N2S2+. The lowest BCUT2D eigenvalue weighted by atomic mass is 9.74. The smallest absolute Gasteiger partial charge is 0.262 e. The highest BCUT2D eigenvalue weighted by Gasteiger charge is 2.28. The quantitative estimate of drug-likeness (QED) is 0.285. The first kappa shape index (κ1) is 28.1. The zero-order chi connectivity index (χ0) is 28.8. The Kier molecular flexibility index (Phi) is 7.50. The van der Waals surface area contributed by atoms with Gasteiger partial charge in [0.25, 0.3) is 5.01 Å². The Balaban J connectivity index is 1.25. The Morgan fingerprint density at radius 1 is 0.805 bits per heavy atom. The molecular weight excluding hydrogens is 537 g/mol. The first-order valence-electron chi connectivity index (χ1n) is 14.6. The summed E-state index contributed by atoms with van der Waals surface area (Å²) in [5.74, 6) is 0. The van der Waals surface area contributed by atoms with Gasteiger partial charge in [-0.1, -0.05) is 105 Å². The molecule has 2 nitrogen and oxygen atoms in total. The Hall–Kier alpha value is -3.08. The maximum absolute atomic E-state index is 2.42. The second-order valence-electron chi connectivity index (χ2n) is 13.4. The zero-order valence-electron chi connectivity index (χ0n) is 25.2. The van der Waals surface area contributed by atoms with Crippen LogP contribution in [0.2, 0.25) is 0 Å². The molecule has 0 spiro atoms. The number of fused-ring (bicyclic) bond motifs is 2. The van der Waals surface area contributed by atoms with Crippen LogP contribution >= 0.6 is 23.1 Å². The summed E-state index contributed by atoms with van der Waals surface area (Å²) in [6.45, 7) is 9.59. The van der Waals surface area contributed by atoms with Gasteiger partial charge in [-0.3, -0.25) is 0 Å². The van der Waals surface area contributed by atoms with E-state index < -0.39 is 0 Å². The molecule has 3 aliphatic rings. The number of aryl methyl sites for hydroxylation is 1. The van der Waals surface area contributed by atoms with Crippen molar-refractivity contribution in [3.05, 3.63) is 117 Å². The van der Waals surface area contributed by atoms with Crippen LogP contribution in [0.3, 0.4) is 0 Å². The van der Waals surface area contributed by atoms with Gasteiger partial charge in [0.1, 0.15) is 11.7 Å². The number of rotatable bonds is 4. The van der Waals surface area contributed by atoms with Crippen molar-refractivity contribution in [2.45, 2.75) is 58.3 Å². The molecule has 0 bridgehead atoms. The maximum atomic E-state index is 2.42. The second-order valence-corrected chi connectivity index (χ2v) is 15.5. The third-order valence-electron chi connectivity index (χ3n) is 8.25.